The van der Waals surface area contributed by atoms with Crippen molar-refractivity contribution in [3.8, 4) is 0 Å². The molecule has 0 spiro atoms. The van der Waals surface area contributed by atoms with Crippen molar-refractivity contribution in [3.05, 3.63) is 33.4 Å². The van der Waals surface area contributed by atoms with E-state index in [0.717, 1.165) is 12.1 Å². The zero-order valence-corrected chi connectivity index (χ0v) is 11.6. The molecule has 1 saturated heterocycles. The van der Waals surface area contributed by atoms with Crippen LogP contribution >= 0.6 is 22.6 Å². The second-order valence-corrected chi connectivity index (χ2v) is 5.64. The van der Waals surface area contributed by atoms with Gasteiger partial charge in [0.05, 0.1) is 6.54 Å². The van der Waals surface area contributed by atoms with Crippen LogP contribution in [0, 0.1) is 3.57 Å². The summed E-state index contributed by atoms with van der Waals surface area (Å²) in [4.78, 5) is 14.3. The highest BCUT2D eigenvalue weighted by Crippen LogP contribution is 2.17. The fraction of sp³-hybridized carbons (Fsp3) is 0.462. The van der Waals surface area contributed by atoms with Gasteiger partial charge in [0.2, 0.25) is 0 Å². The van der Waals surface area contributed by atoms with E-state index in [4.69, 9.17) is 0 Å². The molecule has 0 bridgehead atoms. The molecule has 1 unspecified atom stereocenters. The highest BCUT2D eigenvalue weighted by molar-refractivity contribution is 14.1. The molecule has 0 aliphatic carbocycles. The third kappa shape index (κ3) is 2.83. The van der Waals surface area contributed by atoms with Crippen molar-refractivity contribution in [1.29, 1.82) is 0 Å². The van der Waals surface area contributed by atoms with Crippen molar-refractivity contribution >= 4 is 28.4 Å². The fourth-order valence-corrected chi connectivity index (χ4v) is 2.50. The number of Topliss-reactive ketones (excluding diaryl/α,β-unsaturated/α-hetero) is 1. The predicted octanol–water partition coefficient (Wildman–Crippen LogP) is 2.96. The molecular formula is C13H16INO. The van der Waals surface area contributed by atoms with Crippen molar-refractivity contribution in [1.82, 2.24) is 4.90 Å². The molecular weight excluding hydrogens is 313 g/mol. The highest BCUT2D eigenvalue weighted by atomic mass is 127. The van der Waals surface area contributed by atoms with Gasteiger partial charge in [-0.05, 0) is 61.0 Å². The normalized spacial score (nSPS) is 21.2. The maximum absolute atomic E-state index is 12.0. The van der Waals surface area contributed by atoms with Crippen LogP contribution in [0.5, 0.6) is 0 Å². The fourth-order valence-electron chi connectivity index (χ4n) is 2.14. The molecule has 0 amide bonds. The van der Waals surface area contributed by atoms with E-state index < -0.39 is 0 Å². The number of hydrogen-bond acceptors (Lipinski definition) is 2. The van der Waals surface area contributed by atoms with Gasteiger partial charge in [-0.25, -0.2) is 0 Å². The van der Waals surface area contributed by atoms with Crippen molar-refractivity contribution in [2.45, 2.75) is 25.8 Å². The molecule has 16 heavy (non-hydrogen) atoms. The van der Waals surface area contributed by atoms with E-state index in [-0.39, 0.29) is 5.78 Å². The summed E-state index contributed by atoms with van der Waals surface area (Å²) in [5.41, 5.74) is 0.833. The van der Waals surface area contributed by atoms with Gasteiger partial charge in [0.25, 0.3) is 0 Å². The smallest absolute Gasteiger partial charge is 0.176 e. The number of benzene rings is 1. The number of carbonyl (C=O) groups excluding carboxylic acids is 1. The number of carbonyl (C=O) groups is 1. The zero-order chi connectivity index (χ0) is 11.5. The van der Waals surface area contributed by atoms with Crippen molar-refractivity contribution in [2.24, 2.45) is 0 Å². The van der Waals surface area contributed by atoms with E-state index in [1.165, 1.54) is 16.4 Å². The maximum Gasteiger partial charge on any atom is 0.176 e. The Kier molecular flexibility index (Phi) is 3.97. The van der Waals surface area contributed by atoms with Crippen LogP contribution in [0.25, 0.3) is 0 Å². The van der Waals surface area contributed by atoms with Crippen LogP contribution in [-0.2, 0) is 0 Å². The van der Waals surface area contributed by atoms with Gasteiger partial charge in [0.1, 0.15) is 0 Å². The van der Waals surface area contributed by atoms with E-state index >= 15 is 0 Å². The van der Waals surface area contributed by atoms with Crippen LogP contribution in [0.4, 0.5) is 0 Å². The van der Waals surface area contributed by atoms with Gasteiger partial charge in [-0.2, -0.15) is 0 Å². The van der Waals surface area contributed by atoms with Crippen LogP contribution in [0.15, 0.2) is 24.3 Å². The van der Waals surface area contributed by atoms with Gasteiger partial charge < -0.3 is 0 Å². The molecule has 2 nitrogen and oxygen atoms in total. The molecule has 1 fully saturated rings. The molecule has 1 aromatic carbocycles. The molecule has 2 rings (SSSR count). The summed E-state index contributed by atoms with van der Waals surface area (Å²) >= 11 is 2.25. The first-order valence-electron chi connectivity index (χ1n) is 5.69. The maximum atomic E-state index is 12.0. The zero-order valence-electron chi connectivity index (χ0n) is 9.45. The first kappa shape index (κ1) is 12.0. The minimum Gasteiger partial charge on any atom is -0.293 e. The number of rotatable bonds is 3. The summed E-state index contributed by atoms with van der Waals surface area (Å²) in [6, 6.07) is 8.38. The van der Waals surface area contributed by atoms with E-state index in [1.807, 2.05) is 24.3 Å². The summed E-state index contributed by atoms with van der Waals surface area (Å²) in [5.74, 6) is 0.241. The third-order valence-corrected chi connectivity index (χ3v) is 3.92. The minimum atomic E-state index is 0.241. The van der Waals surface area contributed by atoms with Crippen LogP contribution < -0.4 is 0 Å². The van der Waals surface area contributed by atoms with E-state index in [1.54, 1.807) is 0 Å². The van der Waals surface area contributed by atoms with Crippen molar-refractivity contribution < 1.29 is 4.79 Å². The van der Waals surface area contributed by atoms with Crippen molar-refractivity contribution in [2.75, 3.05) is 13.1 Å². The van der Waals surface area contributed by atoms with Crippen LogP contribution in [0.2, 0.25) is 0 Å². The highest BCUT2D eigenvalue weighted by Gasteiger charge is 2.22. The van der Waals surface area contributed by atoms with E-state index in [0.29, 0.717) is 12.6 Å². The Labute approximate surface area is 110 Å². The quantitative estimate of drug-likeness (QED) is 0.628. The lowest BCUT2D eigenvalue weighted by Gasteiger charge is -2.19. The van der Waals surface area contributed by atoms with Gasteiger partial charge in [-0.3, -0.25) is 9.69 Å². The molecule has 0 saturated carbocycles. The summed E-state index contributed by atoms with van der Waals surface area (Å²) < 4.78 is 1.17. The van der Waals surface area contributed by atoms with E-state index in [2.05, 4.69) is 34.4 Å². The topological polar surface area (TPSA) is 20.3 Å². The first-order valence-corrected chi connectivity index (χ1v) is 6.77. The number of hydrogen-bond donors (Lipinski definition) is 0. The molecule has 0 N–H and O–H groups in total. The van der Waals surface area contributed by atoms with Gasteiger partial charge >= 0.3 is 0 Å². The number of halogens is 1. The Morgan fingerprint density at radius 1 is 1.44 bits per heavy atom. The first-order chi connectivity index (χ1) is 7.66. The number of ketones is 1. The molecule has 1 atom stereocenters. The Morgan fingerprint density at radius 2 is 2.12 bits per heavy atom. The van der Waals surface area contributed by atoms with Crippen LogP contribution in [0.3, 0.4) is 0 Å². The molecule has 1 aromatic rings. The van der Waals surface area contributed by atoms with Gasteiger partial charge in [-0.15, -0.1) is 0 Å². The molecule has 0 radical (unpaired) electrons. The lowest BCUT2D eigenvalue weighted by Crippen LogP contribution is -2.32. The number of nitrogens with zero attached hydrogens (tertiary/aromatic N) is 1. The second-order valence-electron chi connectivity index (χ2n) is 4.39. The Balaban J connectivity index is 2.00. The largest absolute Gasteiger partial charge is 0.293 e. The third-order valence-electron chi connectivity index (χ3n) is 3.20. The van der Waals surface area contributed by atoms with Crippen LogP contribution in [-0.4, -0.2) is 29.8 Å². The monoisotopic (exact) mass is 329 g/mol. The molecule has 1 aliphatic rings. The second kappa shape index (κ2) is 5.27. The number of likely N-dealkylation sites (tertiary alicyclic amines) is 1. The minimum absolute atomic E-state index is 0.241. The summed E-state index contributed by atoms with van der Waals surface area (Å²) in [6.45, 7) is 3.84. The lowest BCUT2D eigenvalue weighted by atomic mass is 10.1. The SMILES string of the molecule is CC1CCCN1CC(=O)c1ccc(I)cc1. The molecule has 1 aliphatic heterocycles. The Morgan fingerprint density at radius 3 is 2.69 bits per heavy atom. The summed E-state index contributed by atoms with van der Waals surface area (Å²) in [7, 11) is 0. The molecule has 3 heteroatoms. The summed E-state index contributed by atoms with van der Waals surface area (Å²) in [6.07, 6.45) is 2.45. The van der Waals surface area contributed by atoms with Crippen LogP contribution in [0.1, 0.15) is 30.1 Å². The Bertz CT molecular complexity index is 374. The van der Waals surface area contributed by atoms with Gasteiger partial charge in [-0.1, -0.05) is 12.1 Å². The lowest BCUT2D eigenvalue weighted by molar-refractivity contribution is 0.0926. The molecule has 1 heterocycles. The predicted molar refractivity (Wildman–Crippen MR) is 73.8 cm³/mol. The molecule has 0 aromatic heterocycles. The van der Waals surface area contributed by atoms with Gasteiger partial charge in [0, 0.05) is 15.2 Å². The average molecular weight is 329 g/mol. The van der Waals surface area contributed by atoms with Gasteiger partial charge in [0.15, 0.2) is 5.78 Å². The summed E-state index contributed by atoms with van der Waals surface area (Å²) in [5, 5.41) is 0. The molecule has 86 valence electrons. The standard InChI is InChI=1S/C13H16INO/c1-10-3-2-8-15(10)9-13(16)11-4-6-12(14)7-5-11/h4-7,10H,2-3,8-9H2,1H3. The van der Waals surface area contributed by atoms with E-state index in [9.17, 15) is 4.79 Å². The van der Waals surface area contributed by atoms with Crippen molar-refractivity contribution in [3.63, 3.8) is 0 Å². The Hall–Kier alpha value is -0.420. The average Bonchev–Trinajstić information content (AvgIpc) is 2.65.